The molecule has 2 aromatic heterocycles. The van der Waals surface area contributed by atoms with Gasteiger partial charge < -0.3 is 0 Å². The van der Waals surface area contributed by atoms with Gasteiger partial charge in [-0.05, 0) is 56.5 Å². The van der Waals surface area contributed by atoms with E-state index in [1.165, 1.54) is 17.2 Å². The number of hydrogen-bond donors (Lipinski definition) is 2. The summed E-state index contributed by atoms with van der Waals surface area (Å²) in [5.41, 5.74) is 6.44. The second kappa shape index (κ2) is 6.88. The molecular weight excluding hydrogens is 350 g/mol. The topological polar surface area (TPSA) is 83.6 Å². The second-order valence-electron chi connectivity index (χ2n) is 7.01. The number of aryl methyl sites for hydroxylation is 4. The van der Waals surface area contributed by atoms with Crippen LogP contribution in [0.5, 0.6) is 0 Å². The van der Waals surface area contributed by atoms with Gasteiger partial charge in [0.2, 0.25) is 11.9 Å². The lowest BCUT2D eigenvalue weighted by Gasteiger charge is -2.10. The molecule has 140 valence electrons. The van der Waals surface area contributed by atoms with E-state index in [-0.39, 0.29) is 5.56 Å². The average Bonchev–Trinajstić information content (AvgIpc) is 2.63. The van der Waals surface area contributed by atoms with Crippen LogP contribution in [0.1, 0.15) is 22.4 Å². The Morgan fingerprint density at radius 1 is 0.857 bits per heavy atom. The van der Waals surface area contributed by atoms with Crippen LogP contribution in [-0.4, -0.2) is 19.9 Å². The van der Waals surface area contributed by atoms with E-state index in [4.69, 9.17) is 0 Å². The van der Waals surface area contributed by atoms with Crippen LogP contribution in [0, 0.1) is 27.7 Å². The summed E-state index contributed by atoms with van der Waals surface area (Å²) in [6.45, 7) is 8.07. The Morgan fingerprint density at radius 2 is 1.61 bits per heavy atom. The number of nitrogens with one attached hydrogen (secondary N) is 2. The quantitative estimate of drug-likeness (QED) is 0.559. The molecule has 0 saturated carbocycles. The second-order valence-corrected chi connectivity index (χ2v) is 7.01. The first-order valence-electron chi connectivity index (χ1n) is 9.11. The first-order valence-corrected chi connectivity index (χ1v) is 9.11. The highest BCUT2D eigenvalue weighted by atomic mass is 16.1. The molecule has 0 fully saturated rings. The van der Waals surface area contributed by atoms with Gasteiger partial charge in [0.1, 0.15) is 0 Å². The first kappa shape index (κ1) is 17.9. The lowest BCUT2D eigenvalue weighted by molar-refractivity contribution is 1.08. The van der Waals surface area contributed by atoms with E-state index in [0.717, 1.165) is 27.7 Å². The Labute approximate surface area is 162 Å². The van der Waals surface area contributed by atoms with Crippen LogP contribution in [0.2, 0.25) is 0 Å². The number of aromatic nitrogens is 4. The van der Waals surface area contributed by atoms with E-state index in [0.29, 0.717) is 17.6 Å². The van der Waals surface area contributed by atoms with Crippen molar-refractivity contribution in [3.63, 3.8) is 0 Å². The van der Waals surface area contributed by atoms with E-state index < -0.39 is 0 Å². The third-order valence-corrected chi connectivity index (χ3v) is 4.89. The summed E-state index contributed by atoms with van der Waals surface area (Å²) in [6, 6.07) is 13.5. The fraction of sp³-hybridized carbons (Fsp3) is 0.182. The molecule has 2 N–H and O–H groups in total. The summed E-state index contributed by atoms with van der Waals surface area (Å²) in [4.78, 5) is 28.6. The molecule has 4 rings (SSSR count). The minimum Gasteiger partial charge on any atom is -0.294 e. The van der Waals surface area contributed by atoms with Crippen LogP contribution in [-0.2, 0) is 0 Å². The molecule has 28 heavy (non-hydrogen) atoms. The summed E-state index contributed by atoms with van der Waals surface area (Å²) >= 11 is 0. The zero-order valence-electron chi connectivity index (χ0n) is 16.3. The minimum absolute atomic E-state index is 0.236. The van der Waals surface area contributed by atoms with Crippen LogP contribution in [0.25, 0.3) is 22.2 Å². The predicted octanol–water partition coefficient (Wildman–Crippen LogP) is 4.36. The molecule has 0 aliphatic heterocycles. The zero-order valence-corrected chi connectivity index (χ0v) is 16.3. The average molecular weight is 371 g/mol. The van der Waals surface area contributed by atoms with E-state index in [9.17, 15) is 4.79 Å². The van der Waals surface area contributed by atoms with Crippen LogP contribution in [0.15, 0.2) is 47.3 Å². The van der Waals surface area contributed by atoms with Crippen molar-refractivity contribution >= 4 is 22.8 Å². The summed E-state index contributed by atoms with van der Waals surface area (Å²) in [7, 11) is 0. The van der Waals surface area contributed by atoms with E-state index in [2.05, 4.69) is 45.2 Å². The van der Waals surface area contributed by atoms with Crippen LogP contribution < -0.4 is 10.9 Å². The molecule has 0 radical (unpaired) electrons. The Hall–Kier alpha value is -3.54. The molecule has 0 unspecified atom stereocenters. The van der Waals surface area contributed by atoms with Gasteiger partial charge in [-0.1, -0.05) is 24.3 Å². The smallest absolute Gasteiger partial charge is 0.252 e. The van der Waals surface area contributed by atoms with Crippen LogP contribution in [0.3, 0.4) is 0 Å². The summed E-state index contributed by atoms with van der Waals surface area (Å²) < 4.78 is 0. The molecule has 0 aliphatic carbocycles. The van der Waals surface area contributed by atoms with Crippen molar-refractivity contribution in [2.75, 3.05) is 5.32 Å². The van der Waals surface area contributed by atoms with E-state index in [1.807, 2.05) is 44.2 Å². The number of benzene rings is 2. The number of nitrogens with zero attached hydrogens (tertiary/aromatic N) is 3. The highest BCUT2D eigenvalue weighted by molar-refractivity contribution is 5.83. The predicted molar refractivity (Wildman–Crippen MR) is 112 cm³/mol. The fourth-order valence-corrected chi connectivity index (χ4v) is 3.22. The van der Waals surface area contributed by atoms with Crippen molar-refractivity contribution in [1.82, 2.24) is 19.9 Å². The van der Waals surface area contributed by atoms with Gasteiger partial charge in [0, 0.05) is 17.0 Å². The van der Waals surface area contributed by atoms with Crippen LogP contribution in [0.4, 0.5) is 11.9 Å². The Balaban J connectivity index is 1.76. The molecule has 2 aromatic carbocycles. The molecule has 6 nitrogen and oxygen atoms in total. The van der Waals surface area contributed by atoms with Crippen molar-refractivity contribution in [1.29, 1.82) is 0 Å². The molecule has 0 amide bonds. The summed E-state index contributed by atoms with van der Waals surface area (Å²) in [5.74, 6) is 0.715. The minimum atomic E-state index is -0.236. The van der Waals surface area contributed by atoms with Crippen molar-refractivity contribution in [2.24, 2.45) is 0 Å². The molecule has 4 aromatic rings. The number of fused-ring (bicyclic) bond motifs is 1. The normalized spacial score (nSPS) is 11.0. The first-order chi connectivity index (χ1) is 13.4. The Bertz CT molecular complexity index is 1260. The molecule has 0 atom stereocenters. The standard InChI is InChI=1S/C22H21N5O/c1-12-7-5-6-8-16(12)19-11-20(28)26-22(25-19)27-21-23-15(4)17-9-13(2)14(3)10-18(17)24-21/h5-11H,1-4H3,(H2,23,24,25,26,27,28). The van der Waals surface area contributed by atoms with Gasteiger partial charge in [-0.25, -0.2) is 15.0 Å². The van der Waals surface area contributed by atoms with Crippen molar-refractivity contribution in [3.8, 4) is 11.3 Å². The highest BCUT2D eigenvalue weighted by Crippen LogP contribution is 2.23. The Kier molecular flexibility index (Phi) is 4.39. The van der Waals surface area contributed by atoms with Gasteiger partial charge in [0.05, 0.1) is 16.9 Å². The van der Waals surface area contributed by atoms with Gasteiger partial charge in [-0.2, -0.15) is 0 Å². The number of aromatic amines is 1. The molecular formula is C22H21N5O. The molecule has 0 saturated heterocycles. The fourth-order valence-electron chi connectivity index (χ4n) is 3.22. The monoisotopic (exact) mass is 371 g/mol. The molecule has 0 spiro atoms. The van der Waals surface area contributed by atoms with Crippen molar-refractivity contribution in [2.45, 2.75) is 27.7 Å². The largest absolute Gasteiger partial charge is 0.294 e. The van der Waals surface area contributed by atoms with Crippen molar-refractivity contribution in [3.05, 3.63) is 75.2 Å². The number of hydrogen-bond acceptors (Lipinski definition) is 5. The highest BCUT2D eigenvalue weighted by Gasteiger charge is 2.10. The molecule has 0 aliphatic rings. The van der Waals surface area contributed by atoms with Crippen LogP contribution >= 0.6 is 0 Å². The van der Waals surface area contributed by atoms with Crippen molar-refractivity contribution < 1.29 is 0 Å². The SMILES string of the molecule is Cc1cc2nc(Nc3nc(-c4ccccc4C)cc(=O)[nH]3)nc(C)c2cc1C. The lowest BCUT2D eigenvalue weighted by Crippen LogP contribution is -2.12. The van der Waals surface area contributed by atoms with Gasteiger partial charge in [0.15, 0.2) is 0 Å². The number of H-pyrrole nitrogens is 1. The van der Waals surface area contributed by atoms with E-state index >= 15 is 0 Å². The molecule has 2 heterocycles. The summed E-state index contributed by atoms with van der Waals surface area (Å²) in [6.07, 6.45) is 0. The Morgan fingerprint density at radius 3 is 2.39 bits per heavy atom. The van der Waals surface area contributed by atoms with Gasteiger partial charge >= 0.3 is 0 Å². The van der Waals surface area contributed by atoms with Gasteiger partial charge in [-0.3, -0.25) is 15.1 Å². The zero-order chi connectivity index (χ0) is 19.8. The van der Waals surface area contributed by atoms with Gasteiger partial charge in [-0.15, -0.1) is 0 Å². The maximum Gasteiger partial charge on any atom is 0.252 e. The third kappa shape index (κ3) is 3.36. The van der Waals surface area contributed by atoms with Gasteiger partial charge in [0.25, 0.3) is 5.56 Å². The maximum absolute atomic E-state index is 12.2. The van der Waals surface area contributed by atoms with E-state index in [1.54, 1.807) is 0 Å². The third-order valence-electron chi connectivity index (χ3n) is 4.89. The lowest BCUT2D eigenvalue weighted by atomic mass is 10.1. The number of rotatable bonds is 3. The maximum atomic E-state index is 12.2. The number of anilines is 2. The summed E-state index contributed by atoms with van der Waals surface area (Å²) in [5, 5.41) is 4.07. The molecule has 0 bridgehead atoms. The molecule has 6 heteroatoms.